The molecule has 0 aromatic heterocycles. The first kappa shape index (κ1) is 12.9. The molecule has 18 heavy (non-hydrogen) atoms. The third kappa shape index (κ3) is 4.04. The summed E-state index contributed by atoms with van der Waals surface area (Å²) in [5.41, 5.74) is 1.02. The van der Waals surface area contributed by atoms with Crippen LogP contribution in [0.4, 0.5) is 5.69 Å². The topological polar surface area (TPSA) is 52.6 Å². The monoisotopic (exact) mass is 248 g/mol. The van der Waals surface area contributed by atoms with Crippen LogP contribution in [-0.2, 0) is 4.79 Å². The molecule has 2 N–H and O–H groups in total. The van der Waals surface area contributed by atoms with Gasteiger partial charge in [-0.3, -0.25) is 4.79 Å². The molecule has 1 fully saturated rings. The molecule has 0 radical (unpaired) electrons. The summed E-state index contributed by atoms with van der Waals surface area (Å²) >= 11 is 0. The minimum atomic E-state index is 0.0688. The van der Waals surface area contributed by atoms with Gasteiger partial charge in [-0.25, -0.2) is 0 Å². The number of nitrogens with zero attached hydrogens (tertiary/aromatic N) is 1. The molecule has 98 valence electrons. The Morgan fingerprint density at radius 3 is 2.67 bits per heavy atom. The van der Waals surface area contributed by atoms with E-state index in [2.05, 4.69) is 5.32 Å². The van der Waals surface area contributed by atoms with Gasteiger partial charge in [0.15, 0.2) is 0 Å². The molecule has 0 unspecified atom stereocenters. The lowest BCUT2D eigenvalue weighted by Crippen LogP contribution is -2.38. The van der Waals surface area contributed by atoms with Gasteiger partial charge >= 0.3 is 0 Å². The summed E-state index contributed by atoms with van der Waals surface area (Å²) in [6, 6.07) is 10.2. The Hall–Kier alpha value is -1.55. The highest BCUT2D eigenvalue weighted by Crippen LogP contribution is 2.19. The van der Waals surface area contributed by atoms with E-state index in [9.17, 15) is 4.79 Å². The predicted octanol–water partition coefficient (Wildman–Crippen LogP) is 1.15. The Bertz CT molecular complexity index is 377. The van der Waals surface area contributed by atoms with E-state index in [-0.39, 0.29) is 12.5 Å². The average molecular weight is 248 g/mol. The van der Waals surface area contributed by atoms with Crippen LogP contribution < -0.4 is 10.2 Å². The Balaban J connectivity index is 1.93. The summed E-state index contributed by atoms with van der Waals surface area (Å²) in [5.74, 6) is 0.0688. The molecule has 1 aliphatic carbocycles. The van der Waals surface area contributed by atoms with E-state index in [1.807, 2.05) is 35.2 Å². The number of para-hydroxylation sites is 1. The molecule has 0 bridgehead atoms. The zero-order valence-electron chi connectivity index (χ0n) is 10.5. The van der Waals surface area contributed by atoms with Crippen LogP contribution in [0.5, 0.6) is 0 Å². The summed E-state index contributed by atoms with van der Waals surface area (Å²) < 4.78 is 0. The highest BCUT2D eigenvalue weighted by atomic mass is 16.3. The van der Waals surface area contributed by atoms with Crippen molar-refractivity contribution in [2.24, 2.45) is 0 Å². The second-order valence-corrected chi connectivity index (χ2v) is 4.68. The zero-order valence-corrected chi connectivity index (χ0v) is 10.5. The van der Waals surface area contributed by atoms with Gasteiger partial charge in [-0.05, 0) is 31.4 Å². The number of rotatable bonds is 7. The highest BCUT2D eigenvalue weighted by Gasteiger charge is 2.24. The van der Waals surface area contributed by atoms with Gasteiger partial charge in [0.2, 0.25) is 5.91 Å². The number of carbonyl (C=O) groups is 1. The second kappa shape index (κ2) is 6.40. The van der Waals surface area contributed by atoms with Gasteiger partial charge in [0, 0.05) is 24.9 Å². The molecular formula is C14H20N2O2. The smallest absolute Gasteiger partial charge is 0.239 e. The van der Waals surface area contributed by atoms with Crippen LogP contribution >= 0.6 is 0 Å². The number of hydrogen-bond acceptors (Lipinski definition) is 3. The molecule has 4 heteroatoms. The van der Waals surface area contributed by atoms with Gasteiger partial charge < -0.3 is 15.3 Å². The molecule has 0 spiro atoms. The van der Waals surface area contributed by atoms with E-state index in [1.54, 1.807) is 0 Å². The molecule has 0 atom stereocenters. The lowest BCUT2D eigenvalue weighted by molar-refractivity contribution is -0.119. The van der Waals surface area contributed by atoms with Crippen molar-refractivity contribution in [3.8, 4) is 0 Å². The van der Waals surface area contributed by atoms with Crippen molar-refractivity contribution in [2.75, 3.05) is 24.6 Å². The summed E-state index contributed by atoms with van der Waals surface area (Å²) in [4.78, 5) is 13.8. The number of hydrogen-bond donors (Lipinski definition) is 2. The normalized spacial score (nSPS) is 14.3. The molecule has 1 aromatic rings. The van der Waals surface area contributed by atoms with Crippen molar-refractivity contribution >= 4 is 11.6 Å². The van der Waals surface area contributed by atoms with Crippen molar-refractivity contribution in [1.29, 1.82) is 0 Å². The average Bonchev–Trinajstić information content (AvgIpc) is 3.19. The predicted molar refractivity (Wildman–Crippen MR) is 71.5 cm³/mol. The van der Waals surface area contributed by atoms with E-state index in [0.29, 0.717) is 25.6 Å². The number of aliphatic hydroxyl groups excluding tert-OH is 1. The van der Waals surface area contributed by atoms with Crippen molar-refractivity contribution in [3.05, 3.63) is 30.3 Å². The van der Waals surface area contributed by atoms with Crippen LogP contribution in [0.15, 0.2) is 30.3 Å². The van der Waals surface area contributed by atoms with Crippen molar-refractivity contribution in [2.45, 2.75) is 25.3 Å². The third-order valence-electron chi connectivity index (χ3n) is 2.98. The van der Waals surface area contributed by atoms with Crippen LogP contribution in [0, 0.1) is 0 Å². The molecule has 1 aliphatic rings. The number of benzene rings is 1. The summed E-state index contributed by atoms with van der Waals surface area (Å²) in [7, 11) is 0. The SMILES string of the molecule is O=C(CN(CCCO)c1ccccc1)NC1CC1. The van der Waals surface area contributed by atoms with Gasteiger partial charge in [0.1, 0.15) is 0 Å². The van der Waals surface area contributed by atoms with Crippen LogP contribution in [0.2, 0.25) is 0 Å². The van der Waals surface area contributed by atoms with Crippen molar-refractivity contribution in [1.82, 2.24) is 5.32 Å². The number of carbonyl (C=O) groups excluding carboxylic acids is 1. The zero-order chi connectivity index (χ0) is 12.8. The molecule has 2 rings (SSSR count). The number of nitrogens with one attached hydrogen (secondary N) is 1. The molecule has 4 nitrogen and oxygen atoms in total. The number of amides is 1. The molecule has 0 heterocycles. The standard InChI is InChI=1S/C14H20N2O2/c17-10-4-9-16(13-5-2-1-3-6-13)11-14(18)15-12-7-8-12/h1-3,5-6,12,17H,4,7-11H2,(H,15,18). The molecule has 0 saturated heterocycles. The third-order valence-corrected chi connectivity index (χ3v) is 2.98. The molecule has 1 amide bonds. The van der Waals surface area contributed by atoms with Gasteiger partial charge in [0.25, 0.3) is 0 Å². The molecular weight excluding hydrogens is 228 g/mol. The minimum Gasteiger partial charge on any atom is -0.396 e. The second-order valence-electron chi connectivity index (χ2n) is 4.68. The maximum absolute atomic E-state index is 11.8. The first-order chi connectivity index (χ1) is 8.79. The van der Waals surface area contributed by atoms with Gasteiger partial charge in [-0.1, -0.05) is 18.2 Å². The van der Waals surface area contributed by atoms with E-state index in [1.165, 1.54) is 0 Å². The number of aliphatic hydroxyl groups is 1. The van der Waals surface area contributed by atoms with Gasteiger partial charge in [0.05, 0.1) is 6.54 Å². The Labute approximate surface area is 108 Å². The van der Waals surface area contributed by atoms with Crippen molar-refractivity contribution in [3.63, 3.8) is 0 Å². The van der Waals surface area contributed by atoms with Gasteiger partial charge in [-0.15, -0.1) is 0 Å². The Morgan fingerprint density at radius 1 is 1.33 bits per heavy atom. The molecule has 1 aromatic carbocycles. The molecule has 0 aliphatic heterocycles. The van der Waals surface area contributed by atoms with E-state index in [4.69, 9.17) is 5.11 Å². The van der Waals surface area contributed by atoms with Crippen LogP contribution in [0.25, 0.3) is 0 Å². The Morgan fingerprint density at radius 2 is 2.06 bits per heavy atom. The summed E-state index contributed by atoms with van der Waals surface area (Å²) in [6.07, 6.45) is 2.88. The van der Waals surface area contributed by atoms with Crippen LogP contribution in [-0.4, -0.2) is 36.8 Å². The fraction of sp³-hybridized carbons (Fsp3) is 0.500. The lowest BCUT2D eigenvalue weighted by atomic mass is 10.2. The first-order valence-electron chi connectivity index (χ1n) is 6.50. The summed E-state index contributed by atoms with van der Waals surface area (Å²) in [5, 5.41) is 11.9. The minimum absolute atomic E-state index is 0.0688. The van der Waals surface area contributed by atoms with Gasteiger partial charge in [-0.2, -0.15) is 0 Å². The Kier molecular flexibility index (Phi) is 4.59. The largest absolute Gasteiger partial charge is 0.396 e. The highest BCUT2D eigenvalue weighted by molar-refractivity contribution is 5.81. The summed E-state index contributed by atoms with van der Waals surface area (Å²) in [6.45, 7) is 1.20. The maximum Gasteiger partial charge on any atom is 0.239 e. The van der Waals surface area contributed by atoms with E-state index in [0.717, 1.165) is 18.5 Å². The lowest BCUT2D eigenvalue weighted by Gasteiger charge is -2.24. The fourth-order valence-corrected chi connectivity index (χ4v) is 1.87. The quantitative estimate of drug-likeness (QED) is 0.761. The van der Waals surface area contributed by atoms with Crippen LogP contribution in [0.1, 0.15) is 19.3 Å². The number of anilines is 1. The molecule has 1 saturated carbocycles. The van der Waals surface area contributed by atoms with E-state index < -0.39 is 0 Å². The van der Waals surface area contributed by atoms with Crippen LogP contribution in [0.3, 0.4) is 0 Å². The maximum atomic E-state index is 11.8. The first-order valence-corrected chi connectivity index (χ1v) is 6.50. The van der Waals surface area contributed by atoms with E-state index >= 15 is 0 Å². The fourth-order valence-electron chi connectivity index (χ4n) is 1.87. The van der Waals surface area contributed by atoms with Crippen molar-refractivity contribution < 1.29 is 9.90 Å².